The van der Waals surface area contributed by atoms with Crippen LogP contribution in [0.2, 0.25) is 0 Å². The molecular formula is C14H28ClN3O2. The Morgan fingerprint density at radius 2 is 1.90 bits per heavy atom. The number of piperidine rings is 1. The van der Waals surface area contributed by atoms with Gasteiger partial charge in [-0.25, -0.2) is 0 Å². The number of amides is 2. The lowest BCUT2D eigenvalue weighted by atomic mass is 9.92. The van der Waals surface area contributed by atoms with E-state index in [0.29, 0.717) is 19.1 Å². The van der Waals surface area contributed by atoms with Crippen molar-refractivity contribution >= 4 is 24.2 Å². The first-order valence-corrected chi connectivity index (χ1v) is 7.29. The van der Waals surface area contributed by atoms with Gasteiger partial charge in [0.2, 0.25) is 11.8 Å². The van der Waals surface area contributed by atoms with E-state index in [1.165, 1.54) is 0 Å². The lowest BCUT2D eigenvalue weighted by Gasteiger charge is -2.27. The summed E-state index contributed by atoms with van der Waals surface area (Å²) >= 11 is 0. The fourth-order valence-corrected chi connectivity index (χ4v) is 2.23. The molecule has 2 atom stereocenters. The molecule has 0 spiro atoms. The number of carbonyl (C=O) groups excluding carboxylic acids is 2. The molecule has 0 aromatic rings. The zero-order valence-corrected chi connectivity index (χ0v) is 13.5. The number of rotatable bonds is 6. The maximum atomic E-state index is 11.9. The Morgan fingerprint density at radius 1 is 1.25 bits per heavy atom. The van der Waals surface area contributed by atoms with Crippen LogP contribution in [0.15, 0.2) is 0 Å². The molecule has 6 heteroatoms. The predicted molar refractivity (Wildman–Crippen MR) is 82.9 cm³/mol. The Balaban J connectivity index is 0.00000361. The molecule has 3 N–H and O–H groups in total. The summed E-state index contributed by atoms with van der Waals surface area (Å²) < 4.78 is 0. The molecule has 2 amide bonds. The maximum absolute atomic E-state index is 11.9. The largest absolute Gasteiger partial charge is 0.356 e. The number of hydrogen-bond acceptors (Lipinski definition) is 3. The maximum Gasteiger partial charge on any atom is 0.223 e. The van der Waals surface area contributed by atoms with Crippen LogP contribution in [0.5, 0.6) is 0 Å². The third kappa shape index (κ3) is 7.10. The second-order valence-corrected chi connectivity index (χ2v) is 5.67. The molecule has 20 heavy (non-hydrogen) atoms. The van der Waals surface area contributed by atoms with Gasteiger partial charge in [-0.15, -0.1) is 12.4 Å². The van der Waals surface area contributed by atoms with E-state index in [9.17, 15) is 9.59 Å². The smallest absolute Gasteiger partial charge is 0.223 e. The van der Waals surface area contributed by atoms with Crippen molar-refractivity contribution in [3.8, 4) is 0 Å². The minimum absolute atomic E-state index is 0. The zero-order valence-electron chi connectivity index (χ0n) is 12.7. The van der Waals surface area contributed by atoms with Gasteiger partial charge in [0.25, 0.3) is 0 Å². The first kappa shape index (κ1) is 19.2. The fourth-order valence-electron chi connectivity index (χ4n) is 2.23. The van der Waals surface area contributed by atoms with Gasteiger partial charge in [0.05, 0.1) is 0 Å². The Bertz CT molecular complexity index is 311. The van der Waals surface area contributed by atoms with Gasteiger partial charge in [-0.1, -0.05) is 13.8 Å². The SMILES string of the molecule is CC(C)C(=O)NCCCNC(=O)[C@H]1CCN[C@@H](C)C1.Cl. The van der Waals surface area contributed by atoms with E-state index in [2.05, 4.69) is 22.9 Å². The molecule has 1 aliphatic heterocycles. The summed E-state index contributed by atoms with van der Waals surface area (Å²) in [7, 11) is 0. The highest BCUT2D eigenvalue weighted by molar-refractivity contribution is 5.85. The van der Waals surface area contributed by atoms with Crippen molar-refractivity contribution in [2.24, 2.45) is 11.8 Å². The quantitative estimate of drug-likeness (QED) is 0.643. The van der Waals surface area contributed by atoms with E-state index in [4.69, 9.17) is 0 Å². The summed E-state index contributed by atoms with van der Waals surface area (Å²) in [6.07, 6.45) is 2.61. The van der Waals surface area contributed by atoms with Gasteiger partial charge in [0.1, 0.15) is 0 Å². The summed E-state index contributed by atoms with van der Waals surface area (Å²) in [5, 5.41) is 9.14. The molecule has 5 nitrogen and oxygen atoms in total. The van der Waals surface area contributed by atoms with Crippen LogP contribution in [0.3, 0.4) is 0 Å². The summed E-state index contributed by atoms with van der Waals surface area (Å²) in [6.45, 7) is 8.03. The van der Waals surface area contributed by atoms with E-state index in [0.717, 1.165) is 25.8 Å². The summed E-state index contributed by atoms with van der Waals surface area (Å²) in [5.41, 5.74) is 0. The van der Waals surface area contributed by atoms with Crippen LogP contribution in [-0.4, -0.2) is 37.5 Å². The standard InChI is InChI=1S/C14H27N3O2.ClH/c1-10(2)13(18)16-6-4-7-17-14(19)12-5-8-15-11(3)9-12;/h10-12,15H,4-9H2,1-3H3,(H,16,18)(H,17,19);1H/t11-,12-;/m0./s1. The zero-order chi connectivity index (χ0) is 14.3. The second kappa shape index (κ2) is 10.00. The molecule has 0 aromatic heterocycles. The first-order chi connectivity index (χ1) is 9.00. The number of hydrogen-bond donors (Lipinski definition) is 3. The highest BCUT2D eigenvalue weighted by atomic mass is 35.5. The number of halogens is 1. The van der Waals surface area contributed by atoms with Crippen molar-refractivity contribution in [2.45, 2.75) is 46.1 Å². The molecule has 1 saturated heterocycles. The Kier molecular flexibility index (Phi) is 9.59. The molecule has 0 saturated carbocycles. The lowest BCUT2D eigenvalue weighted by Crippen LogP contribution is -2.43. The van der Waals surface area contributed by atoms with E-state index >= 15 is 0 Å². The summed E-state index contributed by atoms with van der Waals surface area (Å²) in [5.74, 6) is 0.384. The molecule has 0 radical (unpaired) electrons. The fraction of sp³-hybridized carbons (Fsp3) is 0.857. The molecule has 1 fully saturated rings. The Labute approximate surface area is 128 Å². The highest BCUT2D eigenvalue weighted by Gasteiger charge is 2.24. The molecule has 118 valence electrons. The Morgan fingerprint density at radius 3 is 2.50 bits per heavy atom. The average molecular weight is 306 g/mol. The number of carbonyl (C=O) groups is 2. The number of nitrogens with one attached hydrogen (secondary N) is 3. The van der Waals surface area contributed by atoms with Crippen LogP contribution in [0.25, 0.3) is 0 Å². The topological polar surface area (TPSA) is 70.2 Å². The summed E-state index contributed by atoms with van der Waals surface area (Å²) in [4.78, 5) is 23.2. The lowest BCUT2D eigenvalue weighted by molar-refractivity contribution is -0.126. The van der Waals surface area contributed by atoms with Crippen molar-refractivity contribution in [3.05, 3.63) is 0 Å². The molecule has 0 bridgehead atoms. The van der Waals surface area contributed by atoms with Crippen molar-refractivity contribution in [3.63, 3.8) is 0 Å². The van der Waals surface area contributed by atoms with Crippen LogP contribution in [0.4, 0.5) is 0 Å². The molecule has 1 rings (SSSR count). The van der Waals surface area contributed by atoms with Crippen molar-refractivity contribution in [2.75, 3.05) is 19.6 Å². The van der Waals surface area contributed by atoms with Gasteiger partial charge >= 0.3 is 0 Å². The minimum atomic E-state index is 0. The van der Waals surface area contributed by atoms with E-state index in [1.807, 2.05) is 13.8 Å². The monoisotopic (exact) mass is 305 g/mol. The third-order valence-corrected chi connectivity index (χ3v) is 3.47. The predicted octanol–water partition coefficient (Wildman–Crippen LogP) is 1.07. The van der Waals surface area contributed by atoms with Crippen molar-refractivity contribution in [1.29, 1.82) is 0 Å². The first-order valence-electron chi connectivity index (χ1n) is 7.29. The summed E-state index contributed by atoms with van der Waals surface area (Å²) in [6, 6.07) is 0.426. The van der Waals surface area contributed by atoms with Gasteiger partial charge in [-0.2, -0.15) is 0 Å². The van der Waals surface area contributed by atoms with Gasteiger partial charge in [-0.05, 0) is 32.7 Å². The molecule has 1 aliphatic rings. The normalized spacial score (nSPS) is 22.0. The van der Waals surface area contributed by atoms with Gasteiger partial charge in [0.15, 0.2) is 0 Å². The van der Waals surface area contributed by atoms with Gasteiger partial charge in [0, 0.05) is 31.0 Å². The van der Waals surface area contributed by atoms with Crippen LogP contribution < -0.4 is 16.0 Å². The molecule has 0 unspecified atom stereocenters. The van der Waals surface area contributed by atoms with Crippen LogP contribution in [-0.2, 0) is 9.59 Å². The van der Waals surface area contributed by atoms with E-state index in [1.54, 1.807) is 0 Å². The van der Waals surface area contributed by atoms with E-state index in [-0.39, 0.29) is 36.1 Å². The third-order valence-electron chi connectivity index (χ3n) is 3.47. The minimum Gasteiger partial charge on any atom is -0.356 e. The second-order valence-electron chi connectivity index (χ2n) is 5.67. The highest BCUT2D eigenvalue weighted by Crippen LogP contribution is 2.15. The average Bonchev–Trinajstić information content (AvgIpc) is 2.37. The van der Waals surface area contributed by atoms with Gasteiger partial charge in [-0.3, -0.25) is 9.59 Å². The van der Waals surface area contributed by atoms with Crippen LogP contribution >= 0.6 is 12.4 Å². The molecule has 0 aromatic carbocycles. The van der Waals surface area contributed by atoms with E-state index < -0.39 is 0 Å². The van der Waals surface area contributed by atoms with Crippen LogP contribution in [0.1, 0.15) is 40.0 Å². The van der Waals surface area contributed by atoms with Crippen molar-refractivity contribution in [1.82, 2.24) is 16.0 Å². The molecular weight excluding hydrogens is 278 g/mol. The van der Waals surface area contributed by atoms with Crippen LogP contribution in [0, 0.1) is 11.8 Å². The van der Waals surface area contributed by atoms with Crippen molar-refractivity contribution < 1.29 is 9.59 Å². The molecule has 1 heterocycles. The molecule has 0 aliphatic carbocycles. The van der Waals surface area contributed by atoms with Gasteiger partial charge < -0.3 is 16.0 Å². The Hall–Kier alpha value is -0.810.